The van der Waals surface area contributed by atoms with Crippen LogP contribution in [0.3, 0.4) is 0 Å². The van der Waals surface area contributed by atoms with Crippen LogP contribution in [0, 0.1) is 70.5 Å². The van der Waals surface area contributed by atoms with Crippen LogP contribution in [0.4, 0.5) is 17.6 Å². The number of hydrogen-bond acceptors (Lipinski definition) is 12. The fourth-order valence-electron chi connectivity index (χ4n) is 6.58. The molecule has 0 aliphatic heterocycles. The minimum atomic E-state index is -2.94. The topological polar surface area (TPSA) is 243 Å². The van der Waals surface area contributed by atoms with Gasteiger partial charge >= 0.3 is 0 Å². The highest BCUT2D eigenvalue weighted by Gasteiger charge is 2.41. The van der Waals surface area contributed by atoms with Crippen molar-refractivity contribution in [2.75, 3.05) is 0 Å². The predicted molar refractivity (Wildman–Crippen MR) is 345 cm³/mol. The van der Waals surface area contributed by atoms with Crippen LogP contribution in [0.5, 0.6) is 0 Å². The molecule has 0 saturated carbocycles. The van der Waals surface area contributed by atoms with Gasteiger partial charge in [0.1, 0.15) is 12.2 Å². The standard InChI is InChI=1S/C9H20O2.2C8H18O.2C7H14F2O.2C7H16O2.2C7H16O/c1-6(2)9(4,5)8(11)7(3)10;2*1-6(2)5-8(9)7(3)4;2*1-4-6(10)7(8,9)5(2)3;2*1-4-6(8)7(9)5(2)3;2*1-4-7(8)5-6(2)3/h6-8,10-11H,1-5H3;2*6-9H,5H2,1-4H3;2*5-6,10H,4H2,1-3H3;2*5-9H,4H2,1-3H3;2*6-8H,4-5H2,1-3H3/t;2*8-;2*6-;2*6-,7-;2*7-/m.10101010/s1. The van der Waals surface area contributed by atoms with Gasteiger partial charge in [0, 0.05) is 11.8 Å². The lowest BCUT2D eigenvalue weighted by atomic mass is 9.74. The Morgan fingerprint density at radius 2 is 0.518 bits per heavy atom. The second-order valence-electron chi connectivity index (χ2n) is 27.4. The molecule has 0 fully saturated rings. The Balaban J connectivity index is -0.000000106. The van der Waals surface area contributed by atoms with E-state index in [1.54, 1.807) is 20.8 Å². The molecule has 0 spiro atoms. The fourth-order valence-corrected chi connectivity index (χ4v) is 6.58. The van der Waals surface area contributed by atoms with E-state index >= 15 is 0 Å². The monoisotopic (exact) mass is 1220 g/mol. The van der Waals surface area contributed by atoms with Crippen LogP contribution in [0.25, 0.3) is 0 Å². The average Bonchev–Trinajstić information content (AvgIpc) is 3.36. The van der Waals surface area contributed by atoms with Gasteiger partial charge in [0.05, 0.1) is 61.0 Å². The van der Waals surface area contributed by atoms with E-state index in [1.165, 1.54) is 27.7 Å². The summed E-state index contributed by atoms with van der Waals surface area (Å²) in [5.74, 6) is -3.47. The summed E-state index contributed by atoms with van der Waals surface area (Å²) in [6.07, 6.45) is 0.114. The van der Waals surface area contributed by atoms with E-state index in [4.69, 9.17) is 46.0 Å². The molecule has 0 heterocycles. The first-order chi connectivity index (χ1) is 37.2. The Kier molecular flexibility index (Phi) is 68.8. The van der Waals surface area contributed by atoms with E-state index in [1.807, 2.05) is 111 Å². The third kappa shape index (κ3) is 61.3. The highest BCUT2D eigenvalue weighted by Crippen LogP contribution is 2.32. The molecule has 0 saturated heterocycles. The molecular weight excluding hydrogens is 1070 g/mol. The molecule has 0 radical (unpaired) electrons. The maximum Gasteiger partial charge on any atom is 0.275 e. The molecule has 516 valence electrons. The summed E-state index contributed by atoms with van der Waals surface area (Å²) in [5, 5.41) is 109. The first-order valence-corrected chi connectivity index (χ1v) is 32.2. The largest absolute Gasteiger partial charge is 0.393 e. The van der Waals surface area contributed by atoms with Gasteiger partial charge in [-0.3, -0.25) is 0 Å². The molecule has 16 heteroatoms. The van der Waals surface area contributed by atoms with Gasteiger partial charge in [0.25, 0.3) is 11.8 Å². The minimum absolute atomic E-state index is 0.0741. The van der Waals surface area contributed by atoms with Crippen molar-refractivity contribution in [1.29, 1.82) is 0 Å². The normalized spacial score (nSPS) is 16.3. The van der Waals surface area contributed by atoms with Crippen molar-refractivity contribution in [3.8, 4) is 0 Å². The zero-order valence-corrected chi connectivity index (χ0v) is 59.7. The Hall–Kier alpha value is -0.760. The smallest absolute Gasteiger partial charge is 0.275 e. The molecule has 0 aliphatic carbocycles. The number of halogens is 4. The number of aliphatic hydroxyl groups excluding tert-OH is 12. The van der Waals surface area contributed by atoms with Crippen molar-refractivity contribution in [2.45, 2.75) is 364 Å². The summed E-state index contributed by atoms with van der Waals surface area (Å²) < 4.78 is 50.8. The molecular formula is C67H148F4O12. The van der Waals surface area contributed by atoms with E-state index in [0.717, 1.165) is 38.5 Å². The molecule has 12 atom stereocenters. The van der Waals surface area contributed by atoms with Crippen LogP contribution in [-0.2, 0) is 0 Å². The van der Waals surface area contributed by atoms with Crippen molar-refractivity contribution in [1.82, 2.24) is 0 Å². The first-order valence-electron chi connectivity index (χ1n) is 32.2. The van der Waals surface area contributed by atoms with Crippen LogP contribution in [-0.4, -0.2) is 146 Å². The molecule has 2 unspecified atom stereocenters. The lowest BCUT2D eigenvalue weighted by Gasteiger charge is -2.36. The maximum absolute atomic E-state index is 12.7. The summed E-state index contributed by atoms with van der Waals surface area (Å²) in [4.78, 5) is 0. The molecule has 0 bridgehead atoms. The van der Waals surface area contributed by atoms with Gasteiger partial charge in [-0.25, -0.2) is 17.6 Å². The summed E-state index contributed by atoms with van der Waals surface area (Å²) in [5.41, 5.74) is -0.214. The summed E-state index contributed by atoms with van der Waals surface area (Å²) >= 11 is 0. The van der Waals surface area contributed by atoms with Gasteiger partial charge in [-0.05, 0) is 130 Å². The van der Waals surface area contributed by atoms with Crippen molar-refractivity contribution in [3.05, 3.63) is 0 Å². The van der Waals surface area contributed by atoms with Gasteiger partial charge in [-0.15, -0.1) is 0 Å². The summed E-state index contributed by atoms with van der Waals surface area (Å²) in [6.45, 7) is 58.9. The third-order valence-electron chi connectivity index (χ3n) is 14.3. The van der Waals surface area contributed by atoms with Gasteiger partial charge < -0.3 is 61.3 Å². The molecule has 0 aliphatic rings. The van der Waals surface area contributed by atoms with Gasteiger partial charge in [0.15, 0.2) is 0 Å². The fraction of sp³-hybridized carbons (Fsp3) is 1.00. The molecule has 12 nitrogen and oxygen atoms in total. The van der Waals surface area contributed by atoms with Gasteiger partial charge in [0.2, 0.25) is 0 Å². The first kappa shape index (κ1) is 101. The zero-order chi connectivity index (χ0) is 68.9. The van der Waals surface area contributed by atoms with E-state index in [-0.39, 0.29) is 54.5 Å². The van der Waals surface area contributed by atoms with Gasteiger partial charge in [-0.2, -0.15) is 0 Å². The van der Waals surface area contributed by atoms with Crippen molar-refractivity contribution >= 4 is 0 Å². The third-order valence-corrected chi connectivity index (χ3v) is 14.3. The predicted octanol–water partition coefficient (Wildman–Crippen LogP) is 14.8. The minimum Gasteiger partial charge on any atom is -0.393 e. The molecule has 0 rings (SSSR count). The molecule has 0 aromatic heterocycles. The zero-order valence-electron chi connectivity index (χ0n) is 59.7. The summed E-state index contributed by atoms with van der Waals surface area (Å²) in [7, 11) is 0. The highest BCUT2D eigenvalue weighted by molar-refractivity contribution is 4.84. The number of alkyl halides is 4. The van der Waals surface area contributed by atoms with E-state index in [0.29, 0.717) is 54.3 Å². The molecule has 0 aromatic carbocycles. The van der Waals surface area contributed by atoms with E-state index in [2.05, 4.69) is 55.4 Å². The quantitative estimate of drug-likeness (QED) is 0.0344. The lowest BCUT2D eigenvalue weighted by molar-refractivity contribution is -0.139. The second kappa shape index (κ2) is 56.5. The Morgan fingerprint density at radius 1 is 0.289 bits per heavy atom. The molecule has 12 N–H and O–H groups in total. The number of hydrogen-bond donors (Lipinski definition) is 12. The Morgan fingerprint density at radius 3 is 0.578 bits per heavy atom. The maximum atomic E-state index is 12.7. The number of aliphatic hydroxyl groups is 12. The Bertz CT molecular complexity index is 1230. The molecule has 0 aromatic rings. The molecule has 0 amide bonds. The van der Waals surface area contributed by atoms with Crippen molar-refractivity contribution < 1.29 is 78.8 Å². The molecule has 83 heavy (non-hydrogen) atoms. The number of rotatable bonds is 27. The van der Waals surface area contributed by atoms with Crippen molar-refractivity contribution in [2.24, 2.45) is 70.5 Å². The lowest BCUT2D eigenvalue weighted by Crippen LogP contribution is -2.41. The SMILES string of the molecule is CC(C)C[C@@H](O)C(C)C.CC(C)C[C@H](O)C(C)C.CC(O)C(O)C(C)(C)C(C)C.CC[C@@H](O)C(F)(F)C(C)C.CC[C@@H](O)CC(C)C.CC[C@@H](O)[C@H](O)C(C)C.CC[C@H](O)C(F)(F)C(C)C.CC[C@H](O)CC(C)C.CC[C@H](O)[C@@H](O)C(C)C. The van der Waals surface area contributed by atoms with Crippen molar-refractivity contribution in [3.63, 3.8) is 0 Å². The highest BCUT2D eigenvalue weighted by atomic mass is 19.3. The van der Waals surface area contributed by atoms with Crippen LogP contribution in [0.2, 0.25) is 0 Å². The second-order valence-corrected chi connectivity index (χ2v) is 27.4. The van der Waals surface area contributed by atoms with Crippen LogP contribution in [0.15, 0.2) is 0 Å². The Labute approximate surface area is 511 Å². The average molecular weight is 1220 g/mol. The summed E-state index contributed by atoms with van der Waals surface area (Å²) in [6, 6.07) is 0. The van der Waals surface area contributed by atoms with Gasteiger partial charge in [-0.1, -0.05) is 208 Å². The van der Waals surface area contributed by atoms with Crippen LogP contribution in [0.1, 0.15) is 279 Å². The van der Waals surface area contributed by atoms with E-state index < -0.39 is 72.5 Å². The van der Waals surface area contributed by atoms with Crippen LogP contribution < -0.4 is 0 Å². The van der Waals surface area contributed by atoms with E-state index in [9.17, 15) is 32.9 Å². The van der Waals surface area contributed by atoms with Crippen LogP contribution >= 0.6 is 0 Å².